The summed E-state index contributed by atoms with van der Waals surface area (Å²) < 4.78 is 32.5. The summed E-state index contributed by atoms with van der Waals surface area (Å²) in [4.78, 5) is 12.1. The molecule has 1 fully saturated rings. The molecule has 0 saturated heterocycles. The highest BCUT2D eigenvalue weighted by Gasteiger charge is 2.52. The lowest BCUT2D eigenvalue weighted by molar-refractivity contribution is -0.143. The van der Waals surface area contributed by atoms with Crippen molar-refractivity contribution < 1.29 is 17.9 Å². The fraction of sp³-hybridized carbons (Fsp3) is 0.588. The third-order valence-electron chi connectivity index (χ3n) is 4.56. The van der Waals surface area contributed by atoms with Gasteiger partial charge in [-0.15, -0.1) is 12.4 Å². The van der Waals surface area contributed by atoms with Crippen molar-refractivity contribution in [1.29, 1.82) is 0 Å². The predicted octanol–water partition coefficient (Wildman–Crippen LogP) is 2.11. The minimum atomic E-state index is -3.62. The van der Waals surface area contributed by atoms with Crippen LogP contribution in [0.4, 0.5) is 0 Å². The zero-order chi connectivity index (χ0) is 17.8. The molecule has 0 radical (unpaired) electrons. The molecule has 1 saturated carbocycles. The van der Waals surface area contributed by atoms with E-state index in [-0.39, 0.29) is 35.9 Å². The highest BCUT2D eigenvalue weighted by molar-refractivity contribution is 7.89. The number of sulfonamides is 1. The maximum atomic E-state index is 12.5. The van der Waals surface area contributed by atoms with Crippen LogP contribution in [-0.4, -0.2) is 34.1 Å². The van der Waals surface area contributed by atoms with Crippen molar-refractivity contribution in [1.82, 2.24) is 4.72 Å². The van der Waals surface area contributed by atoms with Gasteiger partial charge in [-0.1, -0.05) is 31.9 Å². The van der Waals surface area contributed by atoms with Gasteiger partial charge in [0.2, 0.25) is 10.0 Å². The lowest BCUT2D eigenvalue weighted by Gasteiger charge is -2.17. The Morgan fingerprint density at radius 2 is 1.92 bits per heavy atom. The number of nitrogens with one attached hydrogen (secondary N) is 1. The summed E-state index contributed by atoms with van der Waals surface area (Å²) in [5, 5.41) is 0. The quantitative estimate of drug-likeness (QED) is 0.629. The number of benzene rings is 1. The molecule has 25 heavy (non-hydrogen) atoms. The number of hydrogen-bond acceptors (Lipinski definition) is 5. The molecule has 0 amide bonds. The lowest BCUT2D eigenvalue weighted by atomic mass is 9.96. The minimum Gasteiger partial charge on any atom is -0.468 e. The zero-order valence-electron chi connectivity index (χ0n) is 14.7. The fourth-order valence-electron chi connectivity index (χ4n) is 2.85. The first-order valence-electron chi connectivity index (χ1n) is 8.31. The van der Waals surface area contributed by atoms with E-state index in [1.807, 2.05) is 0 Å². The molecule has 8 heteroatoms. The second-order valence-electron chi connectivity index (χ2n) is 6.29. The summed E-state index contributed by atoms with van der Waals surface area (Å²) in [5.74, 6) is -0.265. The van der Waals surface area contributed by atoms with Gasteiger partial charge in [-0.05, 0) is 37.0 Å². The van der Waals surface area contributed by atoms with Crippen LogP contribution in [0.2, 0.25) is 0 Å². The van der Waals surface area contributed by atoms with E-state index in [0.717, 1.165) is 37.7 Å². The maximum absolute atomic E-state index is 12.5. The first kappa shape index (κ1) is 21.9. The zero-order valence-corrected chi connectivity index (χ0v) is 16.3. The number of unbranched alkanes of at least 4 members (excludes halogenated alkanes) is 1. The Balaban J connectivity index is 0.00000312. The molecule has 1 atom stereocenters. The average molecular weight is 391 g/mol. The molecule has 1 aromatic rings. The van der Waals surface area contributed by atoms with Gasteiger partial charge in [0.05, 0.1) is 17.4 Å². The molecule has 2 rings (SSSR count). The van der Waals surface area contributed by atoms with Crippen LogP contribution in [0.5, 0.6) is 0 Å². The molecule has 1 aliphatic carbocycles. The van der Waals surface area contributed by atoms with E-state index in [0.29, 0.717) is 0 Å². The predicted molar refractivity (Wildman–Crippen MR) is 99.3 cm³/mol. The van der Waals surface area contributed by atoms with E-state index in [4.69, 9.17) is 10.5 Å². The number of methoxy groups -OCH3 is 1. The van der Waals surface area contributed by atoms with E-state index in [1.165, 1.54) is 19.2 Å². The number of esters is 1. The third-order valence-corrected chi connectivity index (χ3v) is 6.09. The summed E-state index contributed by atoms with van der Waals surface area (Å²) >= 11 is 0. The molecule has 1 aliphatic rings. The van der Waals surface area contributed by atoms with E-state index in [9.17, 15) is 13.2 Å². The van der Waals surface area contributed by atoms with Gasteiger partial charge in [0.1, 0.15) is 0 Å². The van der Waals surface area contributed by atoms with Crippen LogP contribution in [0.25, 0.3) is 0 Å². The van der Waals surface area contributed by atoms with Gasteiger partial charge in [0.25, 0.3) is 0 Å². The highest BCUT2D eigenvalue weighted by Crippen LogP contribution is 2.49. The molecule has 0 aliphatic heterocycles. The number of ether oxygens (including phenoxy) is 1. The standard InChI is InChI=1S/C17H26N2O4S.ClH/c1-3-4-5-14(12-18)19-24(21,22)15-8-6-13(7-9-15)17(10-11-17)16(20)23-2;/h6-9,14,19H,3-5,10-12,18H2,1-2H3;1H. The highest BCUT2D eigenvalue weighted by atomic mass is 35.5. The van der Waals surface area contributed by atoms with Crippen molar-refractivity contribution >= 4 is 28.4 Å². The number of halogens is 1. The SMILES string of the molecule is CCCCC(CN)NS(=O)(=O)c1ccc(C2(C(=O)OC)CC2)cc1.Cl. The number of rotatable bonds is 9. The normalized spacial score (nSPS) is 16.6. The molecule has 6 nitrogen and oxygen atoms in total. The van der Waals surface area contributed by atoms with Crippen LogP contribution in [0.3, 0.4) is 0 Å². The summed E-state index contributed by atoms with van der Waals surface area (Å²) in [6.07, 6.45) is 4.09. The molecule has 0 spiro atoms. The minimum absolute atomic E-state index is 0. The number of nitrogens with two attached hydrogens (primary N) is 1. The third kappa shape index (κ3) is 4.94. The Morgan fingerprint density at radius 3 is 2.36 bits per heavy atom. The van der Waals surface area contributed by atoms with Gasteiger partial charge in [0.15, 0.2) is 0 Å². The van der Waals surface area contributed by atoms with Gasteiger partial charge < -0.3 is 10.5 Å². The van der Waals surface area contributed by atoms with Gasteiger partial charge in [-0.3, -0.25) is 4.79 Å². The summed E-state index contributed by atoms with van der Waals surface area (Å²) in [5.41, 5.74) is 5.87. The molecule has 3 N–H and O–H groups in total. The van der Waals surface area contributed by atoms with Crippen molar-refractivity contribution in [2.45, 2.75) is 55.4 Å². The largest absolute Gasteiger partial charge is 0.468 e. The van der Waals surface area contributed by atoms with Crippen LogP contribution in [-0.2, 0) is 25.0 Å². The summed E-state index contributed by atoms with van der Waals surface area (Å²) in [6.45, 7) is 2.32. The molecule has 142 valence electrons. The number of carbonyl (C=O) groups is 1. The van der Waals surface area contributed by atoms with Crippen LogP contribution in [0.1, 0.15) is 44.6 Å². The van der Waals surface area contributed by atoms with E-state index in [1.54, 1.807) is 12.1 Å². The second kappa shape index (κ2) is 8.98. The topological polar surface area (TPSA) is 98.5 Å². The molecular formula is C17H27ClN2O4S. The van der Waals surface area contributed by atoms with Gasteiger partial charge >= 0.3 is 5.97 Å². The van der Waals surface area contributed by atoms with E-state index in [2.05, 4.69) is 11.6 Å². The molecule has 0 aromatic heterocycles. The van der Waals surface area contributed by atoms with Gasteiger partial charge in [-0.2, -0.15) is 0 Å². The smallest absolute Gasteiger partial charge is 0.316 e. The van der Waals surface area contributed by atoms with E-state index < -0.39 is 15.4 Å². The molecule has 1 aromatic carbocycles. The Bertz CT molecular complexity index is 672. The summed E-state index contributed by atoms with van der Waals surface area (Å²) in [6, 6.07) is 6.20. The summed E-state index contributed by atoms with van der Waals surface area (Å²) in [7, 11) is -2.25. The molecule has 1 unspecified atom stereocenters. The van der Waals surface area contributed by atoms with Gasteiger partial charge in [0, 0.05) is 12.6 Å². The van der Waals surface area contributed by atoms with Crippen molar-refractivity contribution in [3.8, 4) is 0 Å². The van der Waals surface area contributed by atoms with Crippen LogP contribution in [0, 0.1) is 0 Å². The van der Waals surface area contributed by atoms with Crippen molar-refractivity contribution in [2.75, 3.05) is 13.7 Å². The maximum Gasteiger partial charge on any atom is 0.316 e. The first-order chi connectivity index (χ1) is 11.4. The van der Waals surface area contributed by atoms with Crippen LogP contribution >= 0.6 is 12.4 Å². The van der Waals surface area contributed by atoms with Gasteiger partial charge in [-0.25, -0.2) is 13.1 Å². The average Bonchev–Trinajstić information content (AvgIpc) is 3.39. The Morgan fingerprint density at radius 1 is 1.32 bits per heavy atom. The lowest BCUT2D eigenvalue weighted by Crippen LogP contribution is -2.40. The Hall–Kier alpha value is -1.15. The van der Waals surface area contributed by atoms with E-state index >= 15 is 0 Å². The molecular weight excluding hydrogens is 364 g/mol. The second-order valence-corrected chi connectivity index (χ2v) is 8.01. The Kier molecular flexibility index (Phi) is 7.87. The number of hydrogen-bond donors (Lipinski definition) is 2. The van der Waals surface area contributed by atoms with Crippen LogP contribution < -0.4 is 10.5 Å². The first-order valence-corrected chi connectivity index (χ1v) is 9.79. The van der Waals surface area contributed by atoms with Crippen LogP contribution in [0.15, 0.2) is 29.2 Å². The monoisotopic (exact) mass is 390 g/mol. The Labute approximate surface area is 156 Å². The molecule has 0 heterocycles. The van der Waals surface area contributed by atoms with Crippen molar-refractivity contribution in [3.05, 3.63) is 29.8 Å². The number of carbonyl (C=O) groups excluding carboxylic acids is 1. The van der Waals surface area contributed by atoms with Crippen molar-refractivity contribution in [3.63, 3.8) is 0 Å². The van der Waals surface area contributed by atoms with Crippen molar-refractivity contribution in [2.24, 2.45) is 5.73 Å². The fourth-order valence-corrected chi connectivity index (χ4v) is 4.13. The molecule has 0 bridgehead atoms.